The largest absolute Gasteiger partial charge is 0.493 e. The van der Waals surface area contributed by atoms with Crippen LogP contribution in [0.5, 0.6) is 5.75 Å². The highest BCUT2D eigenvalue weighted by Crippen LogP contribution is 2.18. The molecule has 4 N–H and O–H groups in total. The van der Waals surface area contributed by atoms with E-state index in [-0.39, 0.29) is 17.7 Å². The number of nitrogen functional groups attached to an aromatic ring is 1. The van der Waals surface area contributed by atoms with Crippen LogP contribution in [0.25, 0.3) is 0 Å². The number of rotatable bonds is 5. The Labute approximate surface area is 124 Å². The molecule has 1 aromatic rings. The van der Waals surface area contributed by atoms with Crippen molar-refractivity contribution in [3.05, 3.63) is 24.3 Å². The van der Waals surface area contributed by atoms with Gasteiger partial charge in [0, 0.05) is 30.8 Å². The minimum absolute atomic E-state index is 0.0434. The van der Waals surface area contributed by atoms with Crippen molar-refractivity contribution in [1.82, 2.24) is 4.90 Å². The van der Waals surface area contributed by atoms with E-state index in [1.165, 1.54) is 0 Å². The zero-order chi connectivity index (χ0) is 15.2. The van der Waals surface area contributed by atoms with Crippen molar-refractivity contribution >= 4 is 17.5 Å². The number of carbonyl (C=O) groups is 2. The minimum Gasteiger partial charge on any atom is -0.493 e. The molecule has 6 heteroatoms. The van der Waals surface area contributed by atoms with Crippen molar-refractivity contribution in [3.8, 4) is 5.75 Å². The highest BCUT2D eigenvalue weighted by atomic mass is 16.5. The Morgan fingerprint density at radius 1 is 1.29 bits per heavy atom. The number of benzene rings is 1. The first kappa shape index (κ1) is 15.2. The summed E-state index contributed by atoms with van der Waals surface area (Å²) in [6, 6.07) is 7.12. The van der Waals surface area contributed by atoms with Crippen LogP contribution < -0.4 is 16.2 Å². The summed E-state index contributed by atoms with van der Waals surface area (Å²) in [5, 5.41) is 0. The molecule has 0 radical (unpaired) electrons. The van der Waals surface area contributed by atoms with Crippen LogP contribution in [0.15, 0.2) is 24.3 Å². The Bertz CT molecular complexity index is 511. The van der Waals surface area contributed by atoms with Gasteiger partial charge in [-0.25, -0.2) is 0 Å². The lowest BCUT2D eigenvalue weighted by molar-refractivity contribution is -0.135. The van der Waals surface area contributed by atoms with E-state index in [1.807, 2.05) is 0 Å². The number of likely N-dealkylation sites (tertiary alicyclic amines) is 1. The number of ether oxygens (including phenoxy) is 1. The fourth-order valence-electron chi connectivity index (χ4n) is 2.43. The Kier molecular flexibility index (Phi) is 5.03. The van der Waals surface area contributed by atoms with Gasteiger partial charge >= 0.3 is 0 Å². The van der Waals surface area contributed by atoms with Crippen molar-refractivity contribution in [1.29, 1.82) is 0 Å². The van der Waals surface area contributed by atoms with Gasteiger partial charge in [0.25, 0.3) is 0 Å². The van der Waals surface area contributed by atoms with Gasteiger partial charge in [-0.05, 0) is 25.0 Å². The van der Waals surface area contributed by atoms with E-state index < -0.39 is 0 Å². The minimum atomic E-state index is -0.271. The van der Waals surface area contributed by atoms with E-state index in [0.29, 0.717) is 50.4 Å². The van der Waals surface area contributed by atoms with Gasteiger partial charge in [-0.1, -0.05) is 6.07 Å². The molecule has 1 saturated heterocycles. The second-order valence-corrected chi connectivity index (χ2v) is 5.23. The van der Waals surface area contributed by atoms with Crippen molar-refractivity contribution < 1.29 is 14.3 Å². The molecule has 1 aliphatic rings. The normalized spacial score (nSPS) is 15.7. The van der Waals surface area contributed by atoms with Gasteiger partial charge in [0.15, 0.2) is 0 Å². The van der Waals surface area contributed by atoms with Crippen LogP contribution >= 0.6 is 0 Å². The van der Waals surface area contributed by atoms with Crippen LogP contribution in [0, 0.1) is 5.92 Å². The summed E-state index contributed by atoms with van der Waals surface area (Å²) < 4.78 is 5.51. The molecular weight excluding hydrogens is 270 g/mol. The lowest BCUT2D eigenvalue weighted by atomic mass is 9.96. The van der Waals surface area contributed by atoms with Gasteiger partial charge in [0.1, 0.15) is 5.75 Å². The lowest BCUT2D eigenvalue weighted by Crippen LogP contribution is -2.42. The molecule has 0 saturated carbocycles. The number of piperidine rings is 1. The Morgan fingerprint density at radius 3 is 2.62 bits per heavy atom. The molecule has 0 aromatic heterocycles. The van der Waals surface area contributed by atoms with Crippen LogP contribution in [-0.2, 0) is 9.59 Å². The molecule has 0 spiro atoms. The predicted molar refractivity (Wildman–Crippen MR) is 79.5 cm³/mol. The Balaban J connectivity index is 1.72. The van der Waals surface area contributed by atoms with Crippen LogP contribution in [0.3, 0.4) is 0 Å². The van der Waals surface area contributed by atoms with Crippen molar-refractivity contribution in [3.63, 3.8) is 0 Å². The Hall–Kier alpha value is -2.24. The van der Waals surface area contributed by atoms with Crippen molar-refractivity contribution in [2.75, 3.05) is 25.4 Å². The number of amides is 2. The van der Waals surface area contributed by atoms with Gasteiger partial charge in [0.2, 0.25) is 11.8 Å². The molecule has 2 rings (SSSR count). The maximum absolute atomic E-state index is 12.0. The third-order valence-corrected chi connectivity index (χ3v) is 3.69. The molecular formula is C15H21N3O3. The maximum atomic E-state index is 12.0. The van der Waals surface area contributed by atoms with Gasteiger partial charge in [-0.2, -0.15) is 0 Å². The van der Waals surface area contributed by atoms with Crippen LogP contribution in [0.2, 0.25) is 0 Å². The maximum Gasteiger partial charge on any atom is 0.225 e. The number of anilines is 1. The predicted octanol–water partition coefficient (Wildman–Crippen LogP) is 0.762. The van der Waals surface area contributed by atoms with Gasteiger partial charge < -0.3 is 21.1 Å². The number of hydrogen-bond acceptors (Lipinski definition) is 4. The molecule has 1 aliphatic heterocycles. The van der Waals surface area contributed by atoms with E-state index in [4.69, 9.17) is 16.2 Å². The summed E-state index contributed by atoms with van der Waals surface area (Å²) in [7, 11) is 0. The first-order valence-electron chi connectivity index (χ1n) is 7.11. The number of primary amides is 1. The highest BCUT2D eigenvalue weighted by Gasteiger charge is 2.25. The van der Waals surface area contributed by atoms with E-state index in [0.717, 1.165) is 0 Å². The van der Waals surface area contributed by atoms with Gasteiger partial charge in [-0.3, -0.25) is 9.59 Å². The van der Waals surface area contributed by atoms with Crippen molar-refractivity contribution in [2.24, 2.45) is 11.7 Å². The topological polar surface area (TPSA) is 98.7 Å². The molecule has 0 atom stereocenters. The lowest BCUT2D eigenvalue weighted by Gasteiger charge is -2.30. The average Bonchev–Trinajstić information content (AvgIpc) is 2.47. The quantitative estimate of drug-likeness (QED) is 0.782. The molecule has 0 aliphatic carbocycles. The fourth-order valence-corrected chi connectivity index (χ4v) is 2.43. The number of nitrogens with zero attached hydrogens (tertiary/aromatic N) is 1. The molecule has 114 valence electrons. The summed E-state index contributed by atoms with van der Waals surface area (Å²) in [5.41, 5.74) is 11.6. The zero-order valence-electron chi connectivity index (χ0n) is 12.0. The van der Waals surface area contributed by atoms with Crippen LogP contribution in [0.1, 0.15) is 19.3 Å². The third kappa shape index (κ3) is 4.37. The number of hydrogen-bond donors (Lipinski definition) is 2. The summed E-state index contributed by atoms with van der Waals surface area (Å²) in [6.45, 7) is 1.49. The molecule has 0 unspecified atom stereocenters. The molecule has 2 amide bonds. The highest BCUT2D eigenvalue weighted by molar-refractivity contribution is 5.78. The monoisotopic (exact) mass is 291 g/mol. The van der Waals surface area contributed by atoms with Crippen LogP contribution in [-0.4, -0.2) is 36.4 Å². The standard InChI is InChI=1S/C15H21N3O3/c16-12-2-1-3-13(10-12)21-9-6-14(19)18-7-4-11(5-8-18)15(17)20/h1-3,10-11H,4-9,16H2,(H2,17,20). The van der Waals surface area contributed by atoms with E-state index in [2.05, 4.69) is 0 Å². The third-order valence-electron chi connectivity index (χ3n) is 3.69. The zero-order valence-corrected chi connectivity index (χ0v) is 12.0. The number of carbonyl (C=O) groups excluding carboxylic acids is 2. The first-order chi connectivity index (χ1) is 10.1. The average molecular weight is 291 g/mol. The SMILES string of the molecule is NC(=O)C1CCN(C(=O)CCOc2cccc(N)c2)CC1. The summed E-state index contributed by atoms with van der Waals surface area (Å²) in [6.07, 6.45) is 1.62. The molecule has 6 nitrogen and oxygen atoms in total. The first-order valence-corrected chi connectivity index (χ1v) is 7.11. The van der Waals surface area contributed by atoms with E-state index in [1.54, 1.807) is 29.2 Å². The van der Waals surface area contributed by atoms with E-state index >= 15 is 0 Å². The number of nitrogens with two attached hydrogens (primary N) is 2. The summed E-state index contributed by atoms with van der Waals surface area (Å²) in [5.74, 6) is 0.335. The molecule has 0 bridgehead atoms. The second kappa shape index (κ2) is 6.97. The Morgan fingerprint density at radius 2 is 2.00 bits per heavy atom. The fraction of sp³-hybridized carbons (Fsp3) is 0.467. The van der Waals surface area contributed by atoms with Crippen LogP contribution in [0.4, 0.5) is 5.69 Å². The van der Waals surface area contributed by atoms with Crippen molar-refractivity contribution in [2.45, 2.75) is 19.3 Å². The molecule has 1 fully saturated rings. The van der Waals surface area contributed by atoms with E-state index in [9.17, 15) is 9.59 Å². The summed E-state index contributed by atoms with van der Waals surface area (Å²) >= 11 is 0. The summed E-state index contributed by atoms with van der Waals surface area (Å²) in [4.78, 5) is 24.9. The van der Waals surface area contributed by atoms with Gasteiger partial charge in [0.05, 0.1) is 13.0 Å². The molecule has 21 heavy (non-hydrogen) atoms. The molecule has 1 heterocycles. The second-order valence-electron chi connectivity index (χ2n) is 5.23. The molecule has 1 aromatic carbocycles. The smallest absolute Gasteiger partial charge is 0.225 e. The van der Waals surface area contributed by atoms with Gasteiger partial charge in [-0.15, -0.1) is 0 Å².